The van der Waals surface area contributed by atoms with Gasteiger partial charge in [-0.3, -0.25) is 4.57 Å². The van der Waals surface area contributed by atoms with Crippen LogP contribution in [-0.2, 0) is 16.6 Å². The molecule has 0 radical (unpaired) electrons. The van der Waals surface area contributed by atoms with Crippen molar-refractivity contribution in [1.29, 1.82) is 0 Å². The molecule has 1 heterocycles. The Bertz CT molecular complexity index is 738. The average Bonchev–Trinajstić information content (AvgIpc) is 2.81. The normalized spacial score (nSPS) is 11.9. The Morgan fingerprint density at radius 2 is 2.05 bits per heavy atom. The zero-order valence-electron chi connectivity index (χ0n) is 12.1. The molecule has 2 rings (SSSR count). The van der Waals surface area contributed by atoms with Crippen LogP contribution in [0.15, 0.2) is 29.4 Å². The van der Waals surface area contributed by atoms with Gasteiger partial charge in [0.1, 0.15) is 5.75 Å². The molecule has 0 atom stereocenters. The fourth-order valence-corrected chi connectivity index (χ4v) is 2.63. The van der Waals surface area contributed by atoms with Crippen LogP contribution in [0.25, 0.3) is 11.4 Å². The maximum atomic E-state index is 11.6. The molecule has 2 aromatic rings. The highest BCUT2D eigenvalue weighted by Gasteiger charge is 2.22. The summed E-state index contributed by atoms with van der Waals surface area (Å²) in [5, 5.41) is 12.7. The number of ether oxygens (including phenoxy) is 1. The van der Waals surface area contributed by atoms with Crippen LogP contribution in [-0.4, -0.2) is 30.3 Å². The summed E-state index contributed by atoms with van der Waals surface area (Å²) in [6.45, 7) is 4.40. The van der Waals surface area contributed by atoms with Gasteiger partial charge in [0.2, 0.25) is 0 Å². The molecule has 114 valence electrons. The molecule has 21 heavy (non-hydrogen) atoms. The van der Waals surface area contributed by atoms with Crippen molar-refractivity contribution in [3.63, 3.8) is 0 Å². The molecular formula is C13H18N4O3S. The Kier molecular flexibility index (Phi) is 4.29. The minimum absolute atomic E-state index is 0.214. The number of methoxy groups -OCH3 is 1. The van der Waals surface area contributed by atoms with Gasteiger partial charge in [-0.1, -0.05) is 26.0 Å². The number of hydrogen-bond acceptors (Lipinski definition) is 5. The third kappa shape index (κ3) is 3.40. The lowest BCUT2D eigenvalue weighted by Gasteiger charge is -2.12. The second-order valence-electron chi connectivity index (χ2n) is 5.09. The van der Waals surface area contributed by atoms with Gasteiger partial charge < -0.3 is 4.74 Å². The molecule has 0 amide bonds. The first-order chi connectivity index (χ1) is 9.82. The van der Waals surface area contributed by atoms with E-state index in [-0.39, 0.29) is 11.1 Å². The molecule has 0 bridgehead atoms. The van der Waals surface area contributed by atoms with E-state index >= 15 is 0 Å². The van der Waals surface area contributed by atoms with Crippen molar-refractivity contribution in [2.24, 2.45) is 11.1 Å². The van der Waals surface area contributed by atoms with Crippen LogP contribution < -0.4 is 9.88 Å². The summed E-state index contributed by atoms with van der Waals surface area (Å²) in [7, 11) is -2.36. The molecule has 0 aliphatic heterocycles. The maximum Gasteiger partial charge on any atom is 0.273 e. The number of rotatable bonds is 5. The molecule has 8 heteroatoms. The quantitative estimate of drug-likeness (QED) is 0.896. The monoisotopic (exact) mass is 310 g/mol. The largest absolute Gasteiger partial charge is 0.497 e. The van der Waals surface area contributed by atoms with Gasteiger partial charge in [0.15, 0.2) is 5.82 Å². The molecule has 0 unspecified atom stereocenters. The smallest absolute Gasteiger partial charge is 0.273 e. The van der Waals surface area contributed by atoms with E-state index in [9.17, 15) is 8.42 Å². The van der Waals surface area contributed by atoms with Gasteiger partial charge in [-0.2, -0.15) is 0 Å². The van der Waals surface area contributed by atoms with E-state index < -0.39 is 10.0 Å². The molecule has 1 aromatic carbocycles. The molecule has 0 fully saturated rings. The van der Waals surface area contributed by atoms with Gasteiger partial charge in [0.25, 0.3) is 15.2 Å². The van der Waals surface area contributed by atoms with Crippen molar-refractivity contribution in [3.8, 4) is 17.1 Å². The molecule has 0 saturated carbocycles. The van der Waals surface area contributed by atoms with Crippen LogP contribution in [0.5, 0.6) is 5.75 Å². The van der Waals surface area contributed by atoms with Crippen LogP contribution in [0.4, 0.5) is 0 Å². The zero-order valence-corrected chi connectivity index (χ0v) is 13.0. The minimum Gasteiger partial charge on any atom is -0.497 e. The number of aromatic nitrogens is 3. The maximum absolute atomic E-state index is 11.6. The number of primary sulfonamides is 1. The molecule has 0 spiro atoms. The molecule has 0 aliphatic rings. The summed E-state index contributed by atoms with van der Waals surface area (Å²) in [6, 6.07) is 7.19. The molecule has 7 nitrogen and oxygen atoms in total. The van der Waals surface area contributed by atoms with Gasteiger partial charge in [-0.05, 0) is 18.1 Å². The van der Waals surface area contributed by atoms with Crippen LogP contribution in [0.1, 0.15) is 13.8 Å². The first-order valence-corrected chi connectivity index (χ1v) is 7.98. The third-order valence-electron chi connectivity index (χ3n) is 2.85. The molecular weight excluding hydrogens is 292 g/mol. The van der Waals surface area contributed by atoms with E-state index in [1.54, 1.807) is 25.3 Å². The second-order valence-corrected chi connectivity index (χ2v) is 6.54. The lowest BCUT2D eigenvalue weighted by Crippen LogP contribution is -2.20. The number of sulfonamides is 1. The molecule has 0 aliphatic carbocycles. The van der Waals surface area contributed by atoms with Crippen molar-refractivity contribution in [2.45, 2.75) is 25.5 Å². The lowest BCUT2D eigenvalue weighted by molar-refractivity contribution is 0.415. The van der Waals surface area contributed by atoms with Crippen LogP contribution in [0.2, 0.25) is 0 Å². The van der Waals surface area contributed by atoms with Crippen LogP contribution >= 0.6 is 0 Å². The van der Waals surface area contributed by atoms with E-state index in [0.29, 0.717) is 18.1 Å². The number of nitrogens with zero attached hydrogens (tertiary/aromatic N) is 3. The first kappa shape index (κ1) is 15.5. The van der Waals surface area contributed by atoms with Crippen LogP contribution in [0, 0.1) is 5.92 Å². The van der Waals surface area contributed by atoms with Gasteiger partial charge in [0, 0.05) is 12.1 Å². The Labute approximate surface area is 123 Å². The van der Waals surface area contributed by atoms with Crippen molar-refractivity contribution in [3.05, 3.63) is 24.3 Å². The first-order valence-electron chi connectivity index (χ1n) is 6.43. The molecule has 2 N–H and O–H groups in total. The minimum atomic E-state index is -3.92. The van der Waals surface area contributed by atoms with Gasteiger partial charge in [-0.25, -0.2) is 13.6 Å². The van der Waals surface area contributed by atoms with Gasteiger partial charge in [-0.15, -0.1) is 10.2 Å². The summed E-state index contributed by atoms with van der Waals surface area (Å²) in [5.41, 5.74) is 0.720. The van der Waals surface area contributed by atoms with E-state index in [2.05, 4.69) is 10.2 Å². The average molecular weight is 310 g/mol. The number of hydrogen-bond donors (Lipinski definition) is 1. The number of nitrogens with two attached hydrogens (primary N) is 1. The van der Waals surface area contributed by atoms with E-state index in [0.717, 1.165) is 5.56 Å². The zero-order chi connectivity index (χ0) is 15.6. The highest BCUT2D eigenvalue weighted by atomic mass is 32.2. The topological polar surface area (TPSA) is 100 Å². The van der Waals surface area contributed by atoms with Gasteiger partial charge >= 0.3 is 0 Å². The lowest BCUT2D eigenvalue weighted by atomic mass is 10.2. The highest BCUT2D eigenvalue weighted by Crippen LogP contribution is 2.24. The summed E-state index contributed by atoms with van der Waals surface area (Å²) in [5.74, 6) is 1.32. The molecule has 0 saturated heterocycles. The van der Waals surface area contributed by atoms with Crippen LogP contribution in [0.3, 0.4) is 0 Å². The second kappa shape index (κ2) is 5.82. The highest BCUT2D eigenvalue weighted by molar-refractivity contribution is 7.89. The van der Waals surface area contributed by atoms with E-state index in [4.69, 9.17) is 9.88 Å². The predicted octanol–water partition coefficient (Wildman–Crippen LogP) is 1.26. The van der Waals surface area contributed by atoms with Crippen molar-refractivity contribution in [2.75, 3.05) is 7.11 Å². The Morgan fingerprint density at radius 3 is 2.62 bits per heavy atom. The fourth-order valence-electron chi connectivity index (χ4n) is 2.00. The van der Waals surface area contributed by atoms with Crippen molar-refractivity contribution < 1.29 is 13.2 Å². The number of benzene rings is 1. The Balaban J connectivity index is 2.60. The SMILES string of the molecule is COc1cccc(-c2nnc(S(N)(=O)=O)n2CC(C)C)c1. The Morgan fingerprint density at radius 1 is 1.33 bits per heavy atom. The van der Waals surface area contributed by atoms with E-state index in [1.165, 1.54) is 4.57 Å². The summed E-state index contributed by atoms with van der Waals surface area (Å²) >= 11 is 0. The predicted molar refractivity (Wildman–Crippen MR) is 78.2 cm³/mol. The molecule has 1 aromatic heterocycles. The standard InChI is InChI=1S/C13H18N4O3S/c1-9(2)8-17-12(15-16-13(17)21(14,18)19)10-5-4-6-11(7-10)20-3/h4-7,9H,8H2,1-3H3,(H2,14,18,19). The fraction of sp³-hybridized carbons (Fsp3) is 0.385. The van der Waals surface area contributed by atoms with Gasteiger partial charge in [0.05, 0.1) is 7.11 Å². The summed E-state index contributed by atoms with van der Waals surface area (Å²) < 4.78 is 30.0. The van der Waals surface area contributed by atoms with E-state index in [1.807, 2.05) is 19.9 Å². The summed E-state index contributed by atoms with van der Waals surface area (Å²) in [4.78, 5) is 0. The van der Waals surface area contributed by atoms with Crippen molar-refractivity contribution in [1.82, 2.24) is 14.8 Å². The summed E-state index contributed by atoms with van der Waals surface area (Å²) in [6.07, 6.45) is 0. The van der Waals surface area contributed by atoms with Crippen molar-refractivity contribution >= 4 is 10.0 Å². The third-order valence-corrected chi connectivity index (χ3v) is 3.66. The Hall–Kier alpha value is -1.93.